The summed E-state index contributed by atoms with van der Waals surface area (Å²) in [6.07, 6.45) is 5.68. The second-order valence-electron chi connectivity index (χ2n) is 6.47. The maximum Gasteiger partial charge on any atom is 0.0705 e. The first-order valence-corrected chi connectivity index (χ1v) is 7.18. The average molecular weight is 254 g/mol. The van der Waals surface area contributed by atoms with Crippen molar-refractivity contribution in [2.24, 2.45) is 17.1 Å². The highest BCUT2D eigenvalue weighted by Gasteiger charge is 2.38. The van der Waals surface area contributed by atoms with Crippen LogP contribution in [0.15, 0.2) is 36.5 Å². The molecule has 2 atom stereocenters. The highest BCUT2D eigenvalue weighted by molar-refractivity contribution is 5.79. The number of nitrogens with two attached hydrogens (primary N) is 1. The van der Waals surface area contributed by atoms with Crippen molar-refractivity contribution < 1.29 is 0 Å². The van der Waals surface area contributed by atoms with Crippen LogP contribution in [0.4, 0.5) is 0 Å². The molecule has 1 fully saturated rings. The molecule has 0 amide bonds. The van der Waals surface area contributed by atoms with Gasteiger partial charge in [0.25, 0.3) is 0 Å². The number of rotatable bonds is 2. The Morgan fingerprint density at radius 3 is 2.89 bits per heavy atom. The normalized spacial score (nSPS) is 23.6. The van der Waals surface area contributed by atoms with Gasteiger partial charge in [-0.15, -0.1) is 0 Å². The Morgan fingerprint density at radius 1 is 1.32 bits per heavy atom. The van der Waals surface area contributed by atoms with E-state index in [2.05, 4.69) is 43.1 Å². The first-order valence-electron chi connectivity index (χ1n) is 7.18. The van der Waals surface area contributed by atoms with Crippen LogP contribution in [0.25, 0.3) is 10.9 Å². The Labute approximate surface area is 115 Å². The van der Waals surface area contributed by atoms with Crippen molar-refractivity contribution in [3.05, 3.63) is 42.1 Å². The minimum Gasteiger partial charge on any atom is -0.324 e. The number of hydrogen-bond acceptors (Lipinski definition) is 2. The van der Waals surface area contributed by atoms with Crippen molar-refractivity contribution in [2.75, 3.05) is 0 Å². The second kappa shape index (κ2) is 4.61. The second-order valence-corrected chi connectivity index (χ2v) is 6.47. The van der Waals surface area contributed by atoms with E-state index in [1.165, 1.54) is 30.2 Å². The first kappa shape index (κ1) is 12.6. The lowest BCUT2D eigenvalue weighted by atomic mass is 9.76. The maximum absolute atomic E-state index is 6.54. The molecule has 2 aromatic rings. The summed E-state index contributed by atoms with van der Waals surface area (Å²) in [5.41, 5.74) is 9.17. The quantitative estimate of drug-likeness (QED) is 0.877. The monoisotopic (exact) mass is 254 g/mol. The van der Waals surface area contributed by atoms with Gasteiger partial charge in [-0.25, -0.2) is 0 Å². The summed E-state index contributed by atoms with van der Waals surface area (Å²) < 4.78 is 0. The van der Waals surface area contributed by atoms with Crippen molar-refractivity contribution >= 4 is 10.9 Å². The highest BCUT2D eigenvalue weighted by Crippen LogP contribution is 2.47. The van der Waals surface area contributed by atoms with Gasteiger partial charge in [-0.3, -0.25) is 4.98 Å². The molecule has 0 bridgehead atoms. The Kier molecular flexibility index (Phi) is 3.06. The van der Waals surface area contributed by atoms with Crippen LogP contribution in [0.5, 0.6) is 0 Å². The molecule has 100 valence electrons. The van der Waals surface area contributed by atoms with Gasteiger partial charge in [-0.1, -0.05) is 38.5 Å². The van der Waals surface area contributed by atoms with E-state index < -0.39 is 0 Å². The van der Waals surface area contributed by atoms with Crippen LogP contribution in [0.2, 0.25) is 0 Å². The third kappa shape index (κ3) is 2.25. The highest BCUT2D eigenvalue weighted by atomic mass is 14.7. The number of aromatic nitrogens is 1. The zero-order valence-corrected chi connectivity index (χ0v) is 11.8. The minimum atomic E-state index is 0.129. The molecule has 1 saturated carbocycles. The van der Waals surface area contributed by atoms with Crippen molar-refractivity contribution in [1.29, 1.82) is 0 Å². The van der Waals surface area contributed by atoms with Crippen molar-refractivity contribution in [3.8, 4) is 0 Å². The Bertz CT molecular complexity index is 589. The van der Waals surface area contributed by atoms with Gasteiger partial charge >= 0.3 is 0 Å². The molecule has 0 spiro atoms. The van der Waals surface area contributed by atoms with Gasteiger partial charge in [0.1, 0.15) is 0 Å². The van der Waals surface area contributed by atoms with Gasteiger partial charge in [-0.05, 0) is 41.9 Å². The van der Waals surface area contributed by atoms with E-state index >= 15 is 0 Å². The van der Waals surface area contributed by atoms with E-state index in [4.69, 9.17) is 5.73 Å². The summed E-state index contributed by atoms with van der Waals surface area (Å²) >= 11 is 0. The zero-order chi connectivity index (χ0) is 13.5. The molecular weight excluding hydrogens is 232 g/mol. The number of nitrogens with zero attached hydrogens (tertiary/aromatic N) is 1. The Balaban J connectivity index is 1.95. The van der Waals surface area contributed by atoms with E-state index in [0.29, 0.717) is 11.3 Å². The van der Waals surface area contributed by atoms with E-state index in [1.807, 2.05) is 12.3 Å². The molecule has 1 heterocycles. The van der Waals surface area contributed by atoms with Gasteiger partial charge < -0.3 is 5.73 Å². The lowest BCUT2D eigenvalue weighted by Crippen LogP contribution is -2.29. The molecule has 1 aromatic carbocycles. The van der Waals surface area contributed by atoms with Crippen LogP contribution in [-0.4, -0.2) is 4.98 Å². The largest absolute Gasteiger partial charge is 0.324 e. The summed E-state index contributed by atoms with van der Waals surface area (Å²) in [6.45, 7) is 4.70. The van der Waals surface area contributed by atoms with Crippen molar-refractivity contribution in [3.63, 3.8) is 0 Å². The molecule has 2 nitrogen and oxygen atoms in total. The Morgan fingerprint density at radius 2 is 2.16 bits per heavy atom. The summed E-state index contributed by atoms with van der Waals surface area (Å²) in [5.74, 6) is 0.577. The van der Waals surface area contributed by atoms with Crippen LogP contribution < -0.4 is 5.73 Å². The van der Waals surface area contributed by atoms with Crippen LogP contribution in [0, 0.1) is 11.3 Å². The summed E-state index contributed by atoms with van der Waals surface area (Å²) in [7, 11) is 0. The summed E-state index contributed by atoms with van der Waals surface area (Å²) in [5, 5.41) is 1.18. The molecule has 3 rings (SSSR count). The van der Waals surface area contributed by atoms with E-state index in [9.17, 15) is 0 Å². The molecule has 0 aliphatic heterocycles. The van der Waals surface area contributed by atoms with Crippen LogP contribution in [0.3, 0.4) is 0 Å². The fourth-order valence-electron chi connectivity index (χ4n) is 3.54. The molecular formula is C17H22N2. The van der Waals surface area contributed by atoms with Gasteiger partial charge in [0, 0.05) is 17.6 Å². The Hall–Kier alpha value is -1.41. The SMILES string of the molecule is CC1(C)CCCC1C(N)c1ccc2cccnc2c1. The molecule has 19 heavy (non-hydrogen) atoms. The van der Waals surface area contributed by atoms with E-state index in [0.717, 1.165) is 5.52 Å². The maximum atomic E-state index is 6.54. The van der Waals surface area contributed by atoms with Gasteiger partial charge in [0.05, 0.1) is 5.52 Å². The molecule has 1 aliphatic carbocycles. The minimum absolute atomic E-state index is 0.129. The third-order valence-corrected chi connectivity index (χ3v) is 4.79. The molecule has 0 radical (unpaired) electrons. The molecule has 2 N–H and O–H groups in total. The topological polar surface area (TPSA) is 38.9 Å². The van der Waals surface area contributed by atoms with Crippen LogP contribution in [0.1, 0.15) is 44.7 Å². The predicted molar refractivity (Wildman–Crippen MR) is 79.8 cm³/mol. The van der Waals surface area contributed by atoms with Crippen LogP contribution in [-0.2, 0) is 0 Å². The standard InChI is InChI=1S/C17H22N2/c1-17(2)9-3-6-14(17)16(18)13-8-7-12-5-4-10-19-15(12)11-13/h4-5,7-8,10-11,14,16H,3,6,9,18H2,1-2H3. The van der Waals surface area contributed by atoms with Crippen molar-refractivity contribution in [2.45, 2.75) is 39.2 Å². The number of fused-ring (bicyclic) bond motifs is 1. The number of pyridine rings is 1. The average Bonchev–Trinajstić information content (AvgIpc) is 2.77. The van der Waals surface area contributed by atoms with Crippen molar-refractivity contribution in [1.82, 2.24) is 4.98 Å². The summed E-state index contributed by atoms with van der Waals surface area (Å²) in [4.78, 5) is 4.43. The van der Waals surface area contributed by atoms with Gasteiger partial charge in [0.2, 0.25) is 0 Å². The molecule has 1 aromatic heterocycles. The van der Waals surface area contributed by atoms with E-state index in [-0.39, 0.29) is 6.04 Å². The van der Waals surface area contributed by atoms with Gasteiger partial charge in [0.15, 0.2) is 0 Å². The lowest BCUT2D eigenvalue weighted by Gasteiger charge is -2.32. The molecule has 2 unspecified atom stereocenters. The van der Waals surface area contributed by atoms with Crippen LogP contribution >= 0.6 is 0 Å². The molecule has 2 heteroatoms. The fraction of sp³-hybridized carbons (Fsp3) is 0.471. The van der Waals surface area contributed by atoms with E-state index in [1.54, 1.807) is 0 Å². The first-order chi connectivity index (χ1) is 9.08. The molecule has 0 saturated heterocycles. The number of benzene rings is 1. The smallest absolute Gasteiger partial charge is 0.0705 e. The lowest BCUT2D eigenvalue weighted by molar-refractivity contribution is 0.222. The zero-order valence-electron chi connectivity index (χ0n) is 11.8. The van der Waals surface area contributed by atoms with Gasteiger partial charge in [-0.2, -0.15) is 0 Å². The third-order valence-electron chi connectivity index (χ3n) is 4.79. The number of hydrogen-bond donors (Lipinski definition) is 1. The predicted octanol–water partition coefficient (Wildman–Crippen LogP) is 4.06. The summed E-state index contributed by atoms with van der Waals surface area (Å²) in [6, 6.07) is 10.7. The fourth-order valence-corrected chi connectivity index (χ4v) is 3.54. The molecule has 1 aliphatic rings.